The Morgan fingerprint density at radius 1 is 0.963 bits per heavy atom. The number of ether oxygens (including phenoxy) is 3. The number of dihydropyridines is 1. The van der Waals surface area contributed by atoms with E-state index >= 15 is 0 Å². The van der Waals surface area contributed by atoms with Crippen LogP contribution in [-0.4, -0.2) is 33.3 Å². The van der Waals surface area contributed by atoms with Crippen molar-refractivity contribution in [3.05, 3.63) is 58.4 Å². The second-order valence-electron chi connectivity index (χ2n) is 5.91. The molecule has 1 N–H and O–H groups in total. The molecular formula is C20H22ClNO5. The van der Waals surface area contributed by atoms with Gasteiger partial charge in [0.05, 0.1) is 32.5 Å². The van der Waals surface area contributed by atoms with Gasteiger partial charge in [0, 0.05) is 22.3 Å². The smallest absolute Gasteiger partial charge is 0.336 e. The number of benzene rings is 1. The number of allylic oxidation sites excluding steroid dienone is 3. The van der Waals surface area contributed by atoms with Gasteiger partial charge in [-0.15, -0.1) is 0 Å². The van der Waals surface area contributed by atoms with Gasteiger partial charge in [-0.3, -0.25) is 0 Å². The Labute approximate surface area is 163 Å². The number of carbonyl (C=O) groups is 2. The molecule has 6 nitrogen and oxygen atoms in total. The summed E-state index contributed by atoms with van der Waals surface area (Å²) >= 11 is 6.51. The predicted octanol–water partition coefficient (Wildman–Crippen LogP) is 3.39. The highest BCUT2D eigenvalue weighted by Crippen LogP contribution is 2.35. The van der Waals surface area contributed by atoms with Crippen LogP contribution in [0.1, 0.15) is 19.4 Å². The quantitative estimate of drug-likeness (QED) is 0.775. The van der Waals surface area contributed by atoms with Crippen LogP contribution in [0.3, 0.4) is 0 Å². The van der Waals surface area contributed by atoms with Crippen LogP contribution in [-0.2, 0) is 19.1 Å². The summed E-state index contributed by atoms with van der Waals surface area (Å²) < 4.78 is 15.0. The van der Waals surface area contributed by atoms with Crippen molar-refractivity contribution in [3.63, 3.8) is 0 Å². The number of esters is 2. The molecule has 0 spiro atoms. The van der Waals surface area contributed by atoms with Crippen molar-refractivity contribution < 1.29 is 23.8 Å². The molecule has 1 aromatic carbocycles. The average Bonchev–Trinajstić information content (AvgIpc) is 2.66. The molecule has 1 aliphatic heterocycles. The van der Waals surface area contributed by atoms with Crippen molar-refractivity contribution in [2.24, 2.45) is 5.92 Å². The van der Waals surface area contributed by atoms with E-state index in [1.165, 1.54) is 14.2 Å². The van der Waals surface area contributed by atoms with Crippen LogP contribution in [0.25, 0.3) is 5.03 Å². The van der Waals surface area contributed by atoms with Crippen LogP contribution < -0.4 is 10.1 Å². The molecule has 0 saturated carbocycles. The van der Waals surface area contributed by atoms with Gasteiger partial charge in [0.25, 0.3) is 0 Å². The van der Waals surface area contributed by atoms with Gasteiger partial charge in [0.2, 0.25) is 0 Å². The molecule has 2 rings (SSSR count). The van der Waals surface area contributed by atoms with Crippen molar-refractivity contribution in [1.82, 2.24) is 5.32 Å². The lowest BCUT2D eigenvalue weighted by Crippen LogP contribution is -2.32. The van der Waals surface area contributed by atoms with Gasteiger partial charge in [0.1, 0.15) is 5.75 Å². The van der Waals surface area contributed by atoms with Crippen LogP contribution in [0.4, 0.5) is 0 Å². The number of methoxy groups -OCH3 is 3. The van der Waals surface area contributed by atoms with Gasteiger partial charge in [-0.05, 0) is 43.7 Å². The zero-order valence-corrected chi connectivity index (χ0v) is 16.6. The number of hydrogen-bond acceptors (Lipinski definition) is 6. The van der Waals surface area contributed by atoms with Crippen molar-refractivity contribution in [2.75, 3.05) is 21.3 Å². The lowest BCUT2D eigenvalue weighted by atomic mass is 9.84. The fourth-order valence-corrected chi connectivity index (χ4v) is 3.22. The molecular weight excluding hydrogens is 370 g/mol. The summed E-state index contributed by atoms with van der Waals surface area (Å²) in [5.41, 5.74) is 2.50. The SMILES string of the molecule is COC(=O)C1=C(C)NC(C)=C(C(=O)OC)C1C=C(Cl)c1ccc(OC)cc1. The van der Waals surface area contributed by atoms with E-state index < -0.39 is 17.9 Å². The van der Waals surface area contributed by atoms with E-state index in [2.05, 4.69) is 5.32 Å². The Kier molecular flexibility index (Phi) is 6.69. The lowest BCUT2D eigenvalue weighted by Gasteiger charge is -2.28. The lowest BCUT2D eigenvalue weighted by molar-refractivity contribution is -0.137. The molecule has 0 radical (unpaired) electrons. The molecule has 1 heterocycles. The van der Waals surface area contributed by atoms with Crippen LogP contribution in [0.2, 0.25) is 0 Å². The zero-order chi connectivity index (χ0) is 20.1. The molecule has 0 aliphatic carbocycles. The van der Waals surface area contributed by atoms with Crippen LogP contribution >= 0.6 is 11.6 Å². The summed E-state index contributed by atoms with van der Waals surface area (Å²) in [5, 5.41) is 3.42. The molecule has 0 aromatic heterocycles. The zero-order valence-electron chi connectivity index (χ0n) is 15.9. The first-order valence-electron chi connectivity index (χ1n) is 8.21. The minimum Gasteiger partial charge on any atom is -0.497 e. The van der Waals surface area contributed by atoms with Crippen LogP contribution in [0, 0.1) is 5.92 Å². The Morgan fingerprint density at radius 3 is 1.85 bits per heavy atom. The number of rotatable bonds is 5. The number of carbonyl (C=O) groups excluding carboxylic acids is 2. The average molecular weight is 392 g/mol. The monoisotopic (exact) mass is 391 g/mol. The van der Waals surface area contributed by atoms with Gasteiger partial charge >= 0.3 is 11.9 Å². The Morgan fingerprint density at radius 2 is 1.44 bits per heavy atom. The Balaban J connectivity index is 2.57. The maximum absolute atomic E-state index is 12.4. The predicted molar refractivity (Wildman–Crippen MR) is 103 cm³/mol. The minimum absolute atomic E-state index is 0.301. The number of hydrogen-bond donors (Lipinski definition) is 1. The van der Waals surface area contributed by atoms with E-state index in [1.54, 1.807) is 51.3 Å². The highest BCUT2D eigenvalue weighted by atomic mass is 35.5. The number of nitrogens with one attached hydrogen (secondary N) is 1. The molecule has 0 amide bonds. The van der Waals surface area contributed by atoms with Crippen molar-refractivity contribution in [2.45, 2.75) is 13.8 Å². The summed E-state index contributed by atoms with van der Waals surface area (Å²) in [6, 6.07) is 7.14. The fraction of sp³-hybridized carbons (Fsp3) is 0.300. The highest BCUT2D eigenvalue weighted by molar-refractivity contribution is 6.48. The fourth-order valence-electron chi connectivity index (χ4n) is 2.97. The summed E-state index contributed by atoms with van der Waals surface area (Å²) in [4.78, 5) is 24.7. The van der Waals surface area contributed by atoms with Gasteiger partial charge in [-0.1, -0.05) is 17.7 Å². The summed E-state index contributed by atoms with van der Waals surface area (Å²) in [6.45, 7) is 3.48. The van der Waals surface area contributed by atoms with Crippen molar-refractivity contribution >= 4 is 28.6 Å². The molecule has 0 fully saturated rings. The first kappa shape index (κ1) is 20.6. The van der Waals surface area contributed by atoms with E-state index in [4.69, 9.17) is 25.8 Å². The van der Waals surface area contributed by atoms with Gasteiger partial charge in [-0.25, -0.2) is 9.59 Å². The molecule has 0 atom stereocenters. The molecule has 0 unspecified atom stereocenters. The normalized spacial score (nSPS) is 15.4. The van der Waals surface area contributed by atoms with Gasteiger partial charge in [0.15, 0.2) is 0 Å². The number of halogens is 1. The third-order valence-electron chi connectivity index (χ3n) is 4.29. The van der Waals surface area contributed by atoms with Gasteiger partial charge in [-0.2, -0.15) is 0 Å². The molecule has 1 aliphatic rings. The van der Waals surface area contributed by atoms with E-state index in [0.29, 0.717) is 33.3 Å². The van der Waals surface area contributed by atoms with Crippen LogP contribution in [0.15, 0.2) is 52.9 Å². The summed E-state index contributed by atoms with van der Waals surface area (Å²) in [7, 11) is 4.16. The standard InChI is InChI=1S/C20H22ClNO5/c1-11-17(19(23)26-4)15(18(12(2)22-11)20(24)27-5)10-16(21)13-6-8-14(25-3)9-7-13/h6-10,15,22H,1-5H3. The van der Waals surface area contributed by atoms with E-state index in [9.17, 15) is 9.59 Å². The van der Waals surface area contributed by atoms with Crippen LogP contribution in [0.5, 0.6) is 5.75 Å². The first-order valence-corrected chi connectivity index (χ1v) is 8.58. The van der Waals surface area contributed by atoms with E-state index in [-0.39, 0.29) is 0 Å². The largest absolute Gasteiger partial charge is 0.497 e. The van der Waals surface area contributed by atoms with Crippen molar-refractivity contribution in [1.29, 1.82) is 0 Å². The summed E-state index contributed by atoms with van der Waals surface area (Å²) in [6.07, 6.45) is 1.65. The third-order valence-corrected chi connectivity index (χ3v) is 4.64. The molecule has 1 aromatic rings. The molecule has 0 saturated heterocycles. The van der Waals surface area contributed by atoms with Crippen molar-refractivity contribution in [3.8, 4) is 5.75 Å². The highest BCUT2D eigenvalue weighted by Gasteiger charge is 2.35. The van der Waals surface area contributed by atoms with E-state index in [0.717, 1.165) is 5.56 Å². The molecule has 144 valence electrons. The minimum atomic E-state index is -0.708. The molecule has 0 bridgehead atoms. The molecule has 7 heteroatoms. The first-order chi connectivity index (χ1) is 12.8. The molecule has 27 heavy (non-hydrogen) atoms. The third kappa shape index (κ3) is 4.34. The van der Waals surface area contributed by atoms with Gasteiger partial charge < -0.3 is 19.5 Å². The Bertz CT molecular complexity index is 798. The maximum Gasteiger partial charge on any atom is 0.336 e. The topological polar surface area (TPSA) is 73.9 Å². The Hall–Kier alpha value is -2.73. The second-order valence-corrected chi connectivity index (χ2v) is 6.31. The maximum atomic E-state index is 12.4. The second kappa shape index (κ2) is 8.77. The van der Waals surface area contributed by atoms with E-state index in [1.807, 2.05) is 0 Å². The summed E-state index contributed by atoms with van der Waals surface area (Å²) in [5.74, 6) is -1.11.